The maximum absolute atomic E-state index is 13.6. The number of rotatable bonds is 3. The first kappa shape index (κ1) is 12.4. The third kappa shape index (κ3) is 2.61. The Morgan fingerprint density at radius 1 is 1.17 bits per heavy atom. The van der Waals surface area contributed by atoms with E-state index in [9.17, 15) is 8.78 Å². The molecule has 0 aliphatic heterocycles. The van der Waals surface area contributed by atoms with Gasteiger partial charge in [0.1, 0.15) is 11.6 Å². The second-order valence-electron chi connectivity index (χ2n) is 4.08. The summed E-state index contributed by atoms with van der Waals surface area (Å²) >= 11 is 0. The maximum atomic E-state index is 13.6. The van der Waals surface area contributed by atoms with Crippen LogP contribution in [0.25, 0.3) is 0 Å². The van der Waals surface area contributed by atoms with Crippen LogP contribution in [0.15, 0.2) is 30.7 Å². The Hall–Kier alpha value is -2.04. The van der Waals surface area contributed by atoms with Gasteiger partial charge in [0.2, 0.25) is 0 Å². The highest BCUT2D eigenvalue weighted by Gasteiger charge is 2.12. The van der Waals surface area contributed by atoms with E-state index in [1.807, 2.05) is 0 Å². The number of hydrogen-bond acceptors (Lipinski definition) is 3. The number of nitrogens with one attached hydrogen (secondary N) is 1. The van der Waals surface area contributed by atoms with Crippen LogP contribution in [-0.4, -0.2) is 9.97 Å². The van der Waals surface area contributed by atoms with Gasteiger partial charge in [-0.3, -0.25) is 9.97 Å². The second kappa shape index (κ2) is 5.08. The molecule has 0 aliphatic carbocycles. The van der Waals surface area contributed by atoms with E-state index >= 15 is 0 Å². The van der Waals surface area contributed by atoms with Crippen molar-refractivity contribution in [3.05, 3.63) is 53.6 Å². The number of benzene rings is 1. The number of anilines is 1. The van der Waals surface area contributed by atoms with Crippen molar-refractivity contribution >= 4 is 5.69 Å². The summed E-state index contributed by atoms with van der Waals surface area (Å²) in [5.41, 5.74) is 1.07. The smallest absolute Gasteiger partial charge is 0.146 e. The van der Waals surface area contributed by atoms with Crippen LogP contribution in [0.2, 0.25) is 0 Å². The van der Waals surface area contributed by atoms with E-state index < -0.39 is 11.6 Å². The Balaban J connectivity index is 2.22. The van der Waals surface area contributed by atoms with Crippen molar-refractivity contribution in [3.63, 3.8) is 0 Å². The van der Waals surface area contributed by atoms with E-state index in [2.05, 4.69) is 15.3 Å². The molecule has 0 amide bonds. The van der Waals surface area contributed by atoms with Crippen molar-refractivity contribution in [2.24, 2.45) is 0 Å². The minimum Gasteiger partial charge on any atom is -0.374 e. The molecule has 1 aromatic carbocycles. The third-order valence-corrected chi connectivity index (χ3v) is 2.65. The van der Waals surface area contributed by atoms with Gasteiger partial charge in [0.15, 0.2) is 0 Å². The van der Waals surface area contributed by atoms with Crippen LogP contribution in [0.1, 0.15) is 24.2 Å². The van der Waals surface area contributed by atoms with E-state index in [-0.39, 0.29) is 17.3 Å². The molecular weight excluding hydrogens is 236 g/mol. The molecule has 1 aromatic heterocycles. The predicted octanol–water partition coefficient (Wildman–Crippen LogP) is 3.24. The Kier molecular flexibility index (Phi) is 3.50. The van der Waals surface area contributed by atoms with Crippen molar-refractivity contribution < 1.29 is 8.78 Å². The number of halogens is 2. The molecule has 2 aromatic rings. The number of aromatic nitrogens is 2. The van der Waals surface area contributed by atoms with Gasteiger partial charge in [0, 0.05) is 18.5 Å². The number of nitrogens with zero attached hydrogens (tertiary/aromatic N) is 2. The fraction of sp³-hybridized carbons (Fsp3) is 0.231. The third-order valence-electron chi connectivity index (χ3n) is 2.65. The summed E-state index contributed by atoms with van der Waals surface area (Å²) in [7, 11) is 0. The Bertz CT molecular complexity index is 543. The van der Waals surface area contributed by atoms with Crippen LogP contribution in [0, 0.1) is 18.6 Å². The average Bonchev–Trinajstić information content (AvgIpc) is 2.37. The zero-order valence-corrected chi connectivity index (χ0v) is 10.1. The van der Waals surface area contributed by atoms with Gasteiger partial charge in [0.25, 0.3) is 0 Å². The van der Waals surface area contributed by atoms with E-state index in [0.717, 1.165) is 6.07 Å². The molecule has 2 rings (SSSR count). The lowest BCUT2D eigenvalue weighted by atomic mass is 10.1. The highest BCUT2D eigenvalue weighted by atomic mass is 19.1. The first-order valence-corrected chi connectivity index (χ1v) is 5.56. The average molecular weight is 249 g/mol. The molecule has 0 saturated carbocycles. The zero-order valence-electron chi connectivity index (χ0n) is 10.1. The van der Waals surface area contributed by atoms with Gasteiger partial charge in [-0.2, -0.15) is 0 Å². The number of aryl methyl sites for hydroxylation is 1. The highest BCUT2D eigenvalue weighted by molar-refractivity contribution is 5.48. The zero-order chi connectivity index (χ0) is 13.1. The summed E-state index contributed by atoms with van der Waals surface area (Å²) in [6.45, 7) is 3.33. The fourth-order valence-electron chi connectivity index (χ4n) is 1.60. The molecular formula is C13H13F2N3. The lowest BCUT2D eigenvalue weighted by Crippen LogP contribution is -2.10. The first-order chi connectivity index (χ1) is 8.58. The van der Waals surface area contributed by atoms with Crippen molar-refractivity contribution in [2.45, 2.75) is 19.9 Å². The monoisotopic (exact) mass is 249 g/mol. The molecule has 0 aliphatic rings. The van der Waals surface area contributed by atoms with Gasteiger partial charge in [0.05, 0.1) is 23.6 Å². The fourth-order valence-corrected chi connectivity index (χ4v) is 1.60. The van der Waals surface area contributed by atoms with Gasteiger partial charge in [-0.15, -0.1) is 0 Å². The topological polar surface area (TPSA) is 37.8 Å². The second-order valence-corrected chi connectivity index (χ2v) is 4.08. The number of hydrogen-bond donors (Lipinski definition) is 1. The van der Waals surface area contributed by atoms with Crippen molar-refractivity contribution in [1.29, 1.82) is 0 Å². The summed E-state index contributed by atoms with van der Waals surface area (Å²) in [5.74, 6) is -0.921. The van der Waals surface area contributed by atoms with E-state index in [4.69, 9.17) is 0 Å². The molecule has 94 valence electrons. The molecule has 3 nitrogen and oxygen atoms in total. The maximum Gasteiger partial charge on any atom is 0.146 e. The molecule has 0 bridgehead atoms. The van der Waals surface area contributed by atoms with E-state index in [1.165, 1.54) is 13.0 Å². The molecule has 0 spiro atoms. The van der Waals surface area contributed by atoms with Crippen LogP contribution in [0.4, 0.5) is 14.5 Å². The SMILES string of the molecule is Cc1cc(F)c(NC(C)c2cnccn2)cc1F. The molecule has 0 saturated heterocycles. The van der Waals surface area contributed by atoms with Crippen molar-refractivity contribution in [3.8, 4) is 0 Å². The highest BCUT2D eigenvalue weighted by Crippen LogP contribution is 2.23. The van der Waals surface area contributed by atoms with E-state index in [0.29, 0.717) is 5.69 Å². The molecule has 0 radical (unpaired) electrons. The predicted molar refractivity (Wildman–Crippen MR) is 65.2 cm³/mol. The van der Waals surface area contributed by atoms with Gasteiger partial charge in [-0.1, -0.05) is 0 Å². The van der Waals surface area contributed by atoms with Crippen LogP contribution >= 0.6 is 0 Å². The molecule has 18 heavy (non-hydrogen) atoms. The molecule has 1 N–H and O–H groups in total. The standard InChI is InChI=1S/C13H13F2N3/c1-8-5-11(15)12(6-10(8)14)18-9(2)13-7-16-3-4-17-13/h3-7,9,18H,1-2H3. The van der Waals surface area contributed by atoms with Gasteiger partial charge in [-0.05, 0) is 25.5 Å². The molecule has 1 unspecified atom stereocenters. The van der Waals surface area contributed by atoms with Gasteiger partial charge >= 0.3 is 0 Å². The van der Waals surface area contributed by atoms with Crippen LogP contribution < -0.4 is 5.32 Å². The largest absolute Gasteiger partial charge is 0.374 e. The molecule has 1 heterocycles. The Morgan fingerprint density at radius 3 is 2.61 bits per heavy atom. The van der Waals surface area contributed by atoms with Crippen molar-refractivity contribution in [1.82, 2.24) is 9.97 Å². The summed E-state index contributed by atoms with van der Waals surface area (Å²) in [5, 5.41) is 2.88. The lowest BCUT2D eigenvalue weighted by Gasteiger charge is -2.15. The minimum absolute atomic E-state index is 0.122. The normalized spacial score (nSPS) is 12.2. The van der Waals surface area contributed by atoms with Crippen molar-refractivity contribution in [2.75, 3.05) is 5.32 Å². The molecule has 1 atom stereocenters. The van der Waals surface area contributed by atoms with Crippen LogP contribution in [-0.2, 0) is 0 Å². The lowest BCUT2D eigenvalue weighted by molar-refractivity contribution is 0.592. The van der Waals surface area contributed by atoms with Crippen LogP contribution in [0.5, 0.6) is 0 Å². The summed E-state index contributed by atoms with van der Waals surface area (Å²) in [4.78, 5) is 8.03. The minimum atomic E-state index is -0.482. The summed E-state index contributed by atoms with van der Waals surface area (Å²) < 4.78 is 27.0. The first-order valence-electron chi connectivity index (χ1n) is 5.56. The Labute approximate surface area is 104 Å². The molecule has 5 heteroatoms. The molecule has 0 fully saturated rings. The Morgan fingerprint density at radius 2 is 1.94 bits per heavy atom. The quantitative estimate of drug-likeness (QED) is 0.907. The van der Waals surface area contributed by atoms with Gasteiger partial charge < -0.3 is 5.32 Å². The van der Waals surface area contributed by atoms with Gasteiger partial charge in [-0.25, -0.2) is 8.78 Å². The van der Waals surface area contributed by atoms with Crippen LogP contribution in [0.3, 0.4) is 0 Å². The summed E-state index contributed by atoms with van der Waals surface area (Å²) in [6.07, 6.45) is 4.70. The summed E-state index contributed by atoms with van der Waals surface area (Å²) in [6, 6.07) is 2.06. The van der Waals surface area contributed by atoms with E-state index in [1.54, 1.807) is 25.5 Å².